The van der Waals surface area contributed by atoms with Gasteiger partial charge < -0.3 is 4.90 Å². The fourth-order valence-corrected chi connectivity index (χ4v) is 4.37. The van der Waals surface area contributed by atoms with Crippen molar-refractivity contribution < 1.29 is 4.84 Å². The Morgan fingerprint density at radius 2 is 1.86 bits per heavy atom. The Labute approximate surface area is 144 Å². The van der Waals surface area contributed by atoms with Crippen LogP contribution in [0.15, 0.2) is 17.1 Å². The lowest BCUT2D eigenvalue weighted by atomic mass is 9.74. The van der Waals surface area contributed by atoms with Gasteiger partial charge in [0.1, 0.15) is 11.4 Å². The van der Waals surface area contributed by atoms with Gasteiger partial charge in [-0.2, -0.15) is 0 Å². The monoisotopic (exact) mass is 359 g/mol. The Bertz CT molecular complexity index is 620. The lowest BCUT2D eigenvalue weighted by molar-refractivity contribution is -0.150. The van der Waals surface area contributed by atoms with Gasteiger partial charge >= 0.3 is 0 Å². The molecular weight excluding hydrogens is 345 g/mol. The quantitative estimate of drug-likeness (QED) is 0.767. The summed E-state index contributed by atoms with van der Waals surface area (Å²) in [5.41, 5.74) is 3.56. The molecule has 4 aliphatic rings. The number of nitrogens with zero attached hydrogens (tertiary/aromatic N) is 2. The molecule has 4 heterocycles. The number of rotatable bonds is 1. The number of hydrogen-bond acceptors (Lipinski definition) is 3. The Kier molecular flexibility index (Phi) is 3.78. The number of piperidine rings is 3. The van der Waals surface area contributed by atoms with Crippen molar-refractivity contribution in [1.82, 2.24) is 10.4 Å². The van der Waals surface area contributed by atoms with Crippen molar-refractivity contribution >= 4 is 46.3 Å². The summed E-state index contributed by atoms with van der Waals surface area (Å²) < 4.78 is 0. The molecule has 4 fully saturated rings. The second-order valence-electron chi connectivity index (χ2n) is 6.28. The zero-order valence-corrected chi connectivity index (χ0v) is 14.2. The SMILES string of the molecule is Clc1cc(N=C2CC3(CN4CCC3CC4)ON2)cc(Cl)c1Cl. The molecule has 0 radical (unpaired) electrons. The minimum absolute atomic E-state index is 0.130. The molecule has 22 heavy (non-hydrogen) atoms. The number of aliphatic imine (C=N–C) groups is 1. The van der Waals surface area contributed by atoms with Gasteiger partial charge in [0.2, 0.25) is 0 Å². The molecule has 0 amide bonds. The molecule has 1 atom stereocenters. The standard InChI is InChI=1S/C15H16Cl3N3O/c16-11-5-10(6-12(17)14(11)18)19-13-7-15(22-20-13)8-21-3-1-9(15)2-4-21/h5-6,9H,1-4,7-8H2,(H,19,20). The van der Waals surface area contributed by atoms with Gasteiger partial charge in [-0.1, -0.05) is 34.8 Å². The number of hydrogen-bond donors (Lipinski definition) is 1. The Hall–Kier alpha value is -0.520. The van der Waals surface area contributed by atoms with E-state index in [0.717, 1.165) is 18.8 Å². The van der Waals surface area contributed by atoms with Crippen molar-refractivity contribution in [2.24, 2.45) is 10.9 Å². The Balaban J connectivity index is 1.58. The first-order valence-electron chi connectivity index (χ1n) is 7.44. The van der Waals surface area contributed by atoms with Gasteiger partial charge in [-0.05, 0) is 44.0 Å². The van der Waals surface area contributed by atoms with Crippen LogP contribution in [-0.4, -0.2) is 36.0 Å². The van der Waals surface area contributed by atoms with Crippen molar-refractivity contribution in [1.29, 1.82) is 0 Å². The van der Waals surface area contributed by atoms with E-state index in [9.17, 15) is 0 Å². The zero-order chi connectivity index (χ0) is 15.3. The van der Waals surface area contributed by atoms with Gasteiger partial charge in [-0.15, -0.1) is 0 Å². The molecule has 118 valence electrons. The molecule has 5 rings (SSSR count). The molecule has 7 heteroatoms. The predicted molar refractivity (Wildman–Crippen MR) is 89.3 cm³/mol. The van der Waals surface area contributed by atoms with Crippen LogP contribution in [0.25, 0.3) is 0 Å². The first kappa shape index (κ1) is 15.0. The summed E-state index contributed by atoms with van der Waals surface area (Å²) in [4.78, 5) is 13.0. The number of fused-ring (bicyclic) bond motifs is 2. The number of nitrogens with one attached hydrogen (secondary N) is 1. The second-order valence-corrected chi connectivity index (χ2v) is 7.47. The van der Waals surface area contributed by atoms with Gasteiger partial charge in [0.25, 0.3) is 0 Å². The van der Waals surface area contributed by atoms with E-state index < -0.39 is 0 Å². The van der Waals surface area contributed by atoms with Crippen molar-refractivity contribution in [3.05, 3.63) is 27.2 Å². The number of halogens is 3. The van der Waals surface area contributed by atoms with E-state index in [1.807, 2.05) is 0 Å². The van der Waals surface area contributed by atoms with Crippen molar-refractivity contribution in [2.75, 3.05) is 19.6 Å². The minimum atomic E-state index is -0.130. The second kappa shape index (κ2) is 5.53. The largest absolute Gasteiger partial charge is 0.300 e. The molecule has 1 aromatic carbocycles. The summed E-state index contributed by atoms with van der Waals surface area (Å²) in [6.07, 6.45) is 3.20. The molecule has 4 saturated heterocycles. The fourth-order valence-electron chi connectivity index (χ4n) is 3.78. The average molecular weight is 361 g/mol. The van der Waals surface area contributed by atoms with E-state index in [1.54, 1.807) is 12.1 Å². The molecule has 0 aliphatic carbocycles. The molecular formula is C15H16Cl3N3O. The highest BCUT2D eigenvalue weighted by Crippen LogP contribution is 2.43. The zero-order valence-electron chi connectivity index (χ0n) is 11.9. The highest BCUT2D eigenvalue weighted by Gasteiger charge is 2.52. The van der Waals surface area contributed by atoms with Crippen molar-refractivity contribution in [2.45, 2.75) is 24.9 Å². The lowest BCUT2D eigenvalue weighted by Crippen LogP contribution is -2.59. The van der Waals surface area contributed by atoms with Gasteiger partial charge in [0.05, 0.1) is 20.8 Å². The van der Waals surface area contributed by atoms with E-state index in [1.165, 1.54) is 25.9 Å². The molecule has 4 aliphatic heterocycles. The normalized spacial score (nSPS) is 35.3. The molecule has 1 spiro atoms. The summed E-state index contributed by atoms with van der Waals surface area (Å²) in [6, 6.07) is 3.43. The number of benzene rings is 1. The Morgan fingerprint density at radius 3 is 2.45 bits per heavy atom. The smallest absolute Gasteiger partial charge is 0.129 e. The lowest BCUT2D eigenvalue weighted by Gasteiger charge is -2.49. The number of amidine groups is 1. The topological polar surface area (TPSA) is 36.9 Å². The maximum atomic E-state index is 6.05. The van der Waals surface area contributed by atoms with Gasteiger partial charge in [0.15, 0.2) is 0 Å². The molecule has 4 nitrogen and oxygen atoms in total. The first-order chi connectivity index (χ1) is 10.6. The van der Waals surface area contributed by atoms with Crippen LogP contribution in [0.2, 0.25) is 15.1 Å². The van der Waals surface area contributed by atoms with E-state index in [0.29, 0.717) is 26.7 Å². The molecule has 0 saturated carbocycles. The van der Waals surface area contributed by atoms with E-state index in [2.05, 4.69) is 15.4 Å². The Morgan fingerprint density at radius 1 is 1.18 bits per heavy atom. The van der Waals surface area contributed by atoms with Crippen LogP contribution in [0.1, 0.15) is 19.3 Å². The maximum absolute atomic E-state index is 6.05. The summed E-state index contributed by atoms with van der Waals surface area (Å²) in [5, 5.41) is 1.17. The predicted octanol–water partition coefficient (Wildman–Crippen LogP) is 4.07. The average Bonchev–Trinajstić information content (AvgIpc) is 2.88. The van der Waals surface area contributed by atoms with Crippen LogP contribution in [0.5, 0.6) is 0 Å². The molecule has 1 unspecified atom stereocenters. The highest BCUT2D eigenvalue weighted by molar-refractivity contribution is 6.48. The van der Waals surface area contributed by atoms with E-state index >= 15 is 0 Å². The van der Waals surface area contributed by atoms with Crippen molar-refractivity contribution in [3.8, 4) is 0 Å². The first-order valence-corrected chi connectivity index (χ1v) is 8.58. The van der Waals surface area contributed by atoms with Gasteiger partial charge in [-0.3, -0.25) is 10.3 Å². The third kappa shape index (κ3) is 2.51. The van der Waals surface area contributed by atoms with Crippen LogP contribution >= 0.6 is 34.8 Å². The van der Waals surface area contributed by atoms with Crippen molar-refractivity contribution in [3.63, 3.8) is 0 Å². The van der Waals surface area contributed by atoms with E-state index in [4.69, 9.17) is 39.6 Å². The van der Waals surface area contributed by atoms with Gasteiger partial charge in [-0.25, -0.2) is 4.99 Å². The number of hydroxylamine groups is 1. The third-order valence-corrected chi connectivity index (χ3v) is 6.09. The summed E-state index contributed by atoms with van der Waals surface area (Å²) in [6.45, 7) is 3.35. The third-order valence-electron chi connectivity index (χ3n) is 4.89. The summed E-state index contributed by atoms with van der Waals surface area (Å²) >= 11 is 18.1. The summed E-state index contributed by atoms with van der Waals surface area (Å²) in [5.74, 6) is 1.43. The molecule has 2 bridgehead atoms. The minimum Gasteiger partial charge on any atom is -0.300 e. The van der Waals surface area contributed by atoms with Crippen LogP contribution in [0, 0.1) is 5.92 Å². The van der Waals surface area contributed by atoms with Crippen LogP contribution in [0.3, 0.4) is 0 Å². The highest BCUT2D eigenvalue weighted by atomic mass is 35.5. The molecule has 1 aromatic rings. The van der Waals surface area contributed by atoms with Crippen LogP contribution in [-0.2, 0) is 4.84 Å². The van der Waals surface area contributed by atoms with Crippen LogP contribution in [0.4, 0.5) is 5.69 Å². The molecule has 0 aromatic heterocycles. The fraction of sp³-hybridized carbons (Fsp3) is 0.533. The summed E-state index contributed by atoms with van der Waals surface area (Å²) in [7, 11) is 0. The van der Waals surface area contributed by atoms with Gasteiger partial charge in [0, 0.05) is 13.0 Å². The van der Waals surface area contributed by atoms with E-state index in [-0.39, 0.29) is 5.60 Å². The molecule has 1 N–H and O–H groups in total. The maximum Gasteiger partial charge on any atom is 0.129 e. The van der Waals surface area contributed by atoms with Crippen LogP contribution < -0.4 is 5.48 Å².